The number of aromatic nitrogens is 2. The van der Waals surface area contributed by atoms with E-state index < -0.39 is 23.4 Å². The Kier molecular flexibility index (Phi) is 3.96. The Labute approximate surface area is 138 Å². The van der Waals surface area contributed by atoms with E-state index in [2.05, 4.69) is 10.2 Å². The van der Waals surface area contributed by atoms with Crippen LogP contribution < -0.4 is 5.56 Å². The van der Waals surface area contributed by atoms with E-state index in [-0.39, 0.29) is 24.3 Å². The van der Waals surface area contributed by atoms with Crippen molar-refractivity contribution in [3.63, 3.8) is 0 Å². The Hall–Kier alpha value is -2.54. The third kappa shape index (κ3) is 2.60. The number of nitrogens with one attached hydrogen (secondary N) is 2. The first-order valence-electron chi connectivity index (χ1n) is 7.82. The number of hydrogen-bond acceptors (Lipinski definition) is 5. The molecule has 0 bridgehead atoms. The number of aromatic amines is 2. The normalized spacial score (nSPS) is 26.0. The SMILES string of the molecule is CCOC(=O)C1C(c2cccc(O)c2)c2c([nH][nH]c2=O)CC1(C)O. The molecule has 7 heteroatoms. The van der Waals surface area contributed by atoms with Gasteiger partial charge in [-0.25, -0.2) is 0 Å². The van der Waals surface area contributed by atoms with Crippen molar-refractivity contribution in [2.75, 3.05) is 6.61 Å². The quantitative estimate of drug-likeness (QED) is 0.627. The largest absolute Gasteiger partial charge is 0.508 e. The van der Waals surface area contributed by atoms with Gasteiger partial charge in [-0.3, -0.25) is 14.7 Å². The number of hydrogen-bond donors (Lipinski definition) is 4. The van der Waals surface area contributed by atoms with Crippen LogP contribution in [0.5, 0.6) is 5.75 Å². The molecule has 0 fully saturated rings. The van der Waals surface area contributed by atoms with Gasteiger partial charge in [0.25, 0.3) is 5.56 Å². The first kappa shape index (κ1) is 16.3. The van der Waals surface area contributed by atoms with Crippen LogP contribution in [0.4, 0.5) is 0 Å². The molecule has 0 saturated heterocycles. The fraction of sp³-hybridized carbons (Fsp3) is 0.412. The van der Waals surface area contributed by atoms with Crippen LogP contribution in [-0.4, -0.2) is 38.6 Å². The lowest BCUT2D eigenvalue weighted by atomic mass is 9.66. The molecule has 0 amide bonds. The van der Waals surface area contributed by atoms with E-state index in [9.17, 15) is 19.8 Å². The predicted molar refractivity (Wildman–Crippen MR) is 85.8 cm³/mol. The van der Waals surface area contributed by atoms with Gasteiger partial charge in [0.2, 0.25) is 0 Å². The lowest BCUT2D eigenvalue weighted by Crippen LogP contribution is -2.50. The number of carbonyl (C=O) groups excluding carboxylic acids is 1. The summed E-state index contributed by atoms with van der Waals surface area (Å²) >= 11 is 0. The zero-order chi connectivity index (χ0) is 17.5. The predicted octanol–water partition coefficient (Wildman–Crippen LogP) is 1.03. The number of benzene rings is 1. The fourth-order valence-electron chi connectivity index (χ4n) is 3.57. The smallest absolute Gasteiger partial charge is 0.312 e. The maximum Gasteiger partial charge on any atom is 0.312 e. The van der Waals surface area contributed by atoms with Crippen molar-refractivity contribution in [2.45, 2.75) is 31.8 Å². The summed E-state index contributed by atoms with van der Waals surface area (Å²) in [6, 6.07) is 6.35. The Morgan fingerprint density at radius 2 is 2.17 bits per heavy atom. The van der Waals surface area contributed by atoms with Crippen LogP contribution in [0.1, 0.15) is 36.6 Å². The molecule has 1 aliphatic rings. The molecule has 24 heavy (non-hydrogen) atoms. The molecule has 0 spiro atoms. The summed E-state index contributed by atoms with van der Waals surface area (Å²) in [6.07, 6.45) is 0.125. The highest BCUT2D eigenvalue weighted by molar-refractivity contribution is 5.77. The summed E-state index contributed by atoms with van der Waals surface area (Å²) in [7, 11) is 0. The molecule has 7 nitrogen and oxygen atoms in total. The van der Waals surface area contributed by atoms with Crippen LogP contribution in [0.3, 0.4) is 0 Å². The van der Waals surface area contributed by atoms with Crippen LogP contribution in [0.15, 0.2) is 29.1 Å². The first-order valence-corrected chi connectivity index (χ1v) is 7.82. The number of H-pyrrole nitrogens is 2. The summed E-state index contributed by atoms with van der Waals surface area (Å²) in [4.78, 5) is 24.8. The standard InChI is InChI=1S/C17H20N2O5/c1-3-24-16(22)14-12(9-5-4-6-10(20)7-9)13-11(8-17(14,2)23)18-19-15(13)21/h4-7,12,14,20,23H,3,8H2,1-2H3,(H2,18,19,21). The molecule has 3 rings (SSSR count). The van der Waals surface area contributed by atoms with Crippen molar-refractivity contribution < 1.29 is 19.7 Å². The zero-order valence-corrected chi connectivity index (χ0v) is 13.5. The molecule has 0 radical (unpaired) electrons. The Balaban J connectivity index is 2.22. The molecular weight excluding hydrogens is 312 g/mol. The molecule has 1 aromatic heterocycles. The Morgan fingerprint density at radius 3 is 2.83 bits per heavy atom. The van der Waals surface area contributed by atoms with Crippen LogP contribution in [0.25, 0.3) is 0 Å². The number of ether oxygens (including phenoxy) is 1. The van der Waals surface area contributed by atoms with Crippen molar-refractivity contribution in [3.8, 4) is 5.75 Å². The highest BCUT2D eigenvalue weighted by Gasteiger charge is 2.51. The molecule has 2 aromatic rings. The maximum atomic E-state index is 12.6. The van der Waals surface area contributed by atoms with Crippen molar-refractivity contribution >= 4 is 5.97 Å². The number of fused-ring (bicyclic) bond motifs is 1. The first-order chi connectivity index (χ1) is 11.3. The minimum absolute atomic E-state index is 0.0221. The Bertz CT molecular complexity index is 820. The van der Waals surface area contributed by atoms with Crippen LogP contribution in [0.2, 0.25) is 0 Å². The number of aromatic hydroxyl groups is 1. The lowest BCUT2D eigenvalue weighted by molar-refractivity contribution is -0.159. The van der Waals surface area contributed by atoms with Crippen molar-refractivity contribution in [1.82, 2.24) is 10.2 Å². The summed E-state index contributed by atoms with van der Waals surface area (Å²) in [5, 5.41) is 26.0. The molecular formula is C17H20N2O5. The molecule has 4 N–H and O–H groups in total. The fourth-order valence-corrected chi connectivity index (χ4v) is 3.57. The number of carbonyl (C=O) groups is 1. The molecule has 0 saturated carbocycles. The number of esters is 1. The average molecular weight is 332 g/mol. The van der Waals surface area contributed by atoms with Gasteiger partial charge in [-0.15, -0.1) is 0 Å². The second-order valence-electron chi connectivity index (χ2n) is 6.31. The summed E-state index contributed by atoms with van der Waals surface area (Å²) in [5.74, 6) is -2.22. The number of rotatable bonds is 3. The number of phenols is 1. The van der Waals surface area contributed by atoms with Crippen LogP contribution >= 0.6 is 0 Å². The van der Waals surface area contributed by atoms with E-state index in [1.807, 2.05) is 0 Å². The minimum atomic E-state index is -1.40. The highest BCUT2D eigenvalue weighted by atomic mass is 16.5. The van der Waals surface area contributed by atoms with Crippen molar-refractivity contribution in [2.24, 2.45) is 5.92 Å². The third-order valence-electron chi connectivity index (χ3n) is 4.52. The van der Waals surface area contributed by atoms with Gasteiger partial charge in [-0.05, 0) is 31.5 Å². The van der Waals surface area contributed by atoms with Crippen molar-refractivity contribution in [3.05, 3.63) is 51.4 Å². The lowest BCUT2D eigenvalue weighted by Gasteiger charge is -2.40. The Morgan fingerprint density at radius 1 is 1.42 bits per heavy atom. The summed E-state index contributed by atoms with van der Waals surface area (Å²) in [5.41, 5.74) is -0.230. The van der Waals surface area contributed by atoms with Crippen molar-refractivity contribution in [1.29, 1.82) is 0 Å². The van der Waals surface area contributed by atoms with E-state index in [1.54, 1.807) is 26.0 Å². The van der Waals surface area contributed by atoms with Gasteiger partial charge in [0.05, 0.1) is 18.1 Å². The second kappa shape index (κ2) is 5.83. The monoisotopic (exact) mass is 332 g/mol. The topological polar surface area (TPSA) is 115 Å². The zero-order valence-electron chi connectivity index (χ0n) is 13.5. The number of phenolic OH excluding ortho intramolecular Hbond substituents is 1. The van der Waals surface area contributed by atoms with Gasteiger partial charge in [0.1, 0.15) is 5.75 Å². The minimum Gasteiger partial charge on any atom is -0.508 e. The maximum absolute atomic E-state index is 12.6. The van der Waals surface area contributed by atoms with Gasteiger partial charge in [-0.1, -0.05) is 12.1 Å². The van der Waals surface area contributed by atoms with E-state index in [0.717, 1.165) is 0 Å². The number of aliphatic hydroxyl groups is 1. The summed E-state index contributed by atoms with van der Waals surface area (Å²) < 4.78 is 5.15. The average Bonchev–Trinajstić information content (AvgIpc) is 2.85. The van der Waals surface area contributed by atoms with E-state index >= 15 is 0 Å². The molecule has 1 aliphatic carbocycles. The van der Waals surface area contributed by atoms with Gasteiger partial charge < -0.3 is 20.0 Å². The van der Waals surface area contributed by atoms with Gasteiger partial charge in [0.15, 0.2) is 0 Å². The molecule has 1 heterocycles. The van der Waals surface area contributed by atoms with Gasteiger partial charge >= 0.3 is 5.97 Å². The van der Waals surface area contributed by atoms with Gasteiger partial charge in [-0.2, -0.15) is 0 Å². The van der Waals surface area contributed by atoms with E-state index in [0.29, 0.717) is 16.8 Å². The molecule has 1 aromatic carbocycles. The van der Waals surface area contributed by atoms with E-state index in [1.165, 1.54) is 12.1 Å². The molecule has 3 atom stereocenters. The molecule has 128 valence electrons. The third-order valence-corrected chi connectivity index (χ3v) is 4.52. The van der Waals surface area contributed by atoms with Gasteiger partial charge in [0, 0.05) is 23.6 Å². The molecule has 3 unspecified atom stereocenters. The highest BCUT2D eigenvalue weighted by Crippen LogP contribution is 2.44. The van der Waals surface area contributed by atoms with Crippen LogP contribution in [0, 0.1) is 5.92 Å². The molecule has 0 aliphatic heterocycles. The van der Waals surface area contributed by atoms with Crippen LogP contribution in [-0.2, 0) is 16.0 Å². The summed E-state index contributed by atoms with van der Waals surface area (Å²) in [6.45, 7) is 3.42. The van der Waals surface area contributed by atoms with E-state index in [4.69, 9.17) is 4.74 Å². The second-order valence-corrected chi connectivity index (χ2v) is 6.31.